The lowest BCUT2D eigenvalue weighted by Crippen LogP contribution is -2.31. The van der Waals surface area contributed by atoms with Crippen molar-refractivity contribution in [2.24, 2.45) is 0 Å². The van der Waals surface area contributed by atoms with Crippen LogP contribution in [-0.4, -0.2) is 23.6 Å². The summed E-state index contributed by atoms with van der Waals surface area (Å²) < 4.78 is 26.3. The molecule has 0 spiro atoms. The fourth-order valence-corrected chi connectivity index (χ4v) is 3.05. The first kappa shape index (κ1) is 17.5. The van der Waals surface area contributed by atoms with Gasteiger partial charge in [-0.25, -0.2) is 8.78 Å². The second-order valence-corrected chi connectivity index (χ2v) is 6.32. The topological polar surface area (TPSA) is 20.3 Å². The van der Waals surface area contributed by atoms with Gasteiger partial charge in [0.1, 0.15) is 0 Å². The zero-order valence-corrected chi connectivity index (χ0v) is 13.9. The molecule has 0 saturated heterocycles. The highest BCUT2D eigenvalue weighted by Crippen LogP contribution is 2.22. The van der Waals surface area contributed by atoms with E-state index in [-0.39, 0.29) is 11.9 Å². The summed E-state index contributed by atoms with van der Waals surface area (Å²) in [6.07, 6.45) is 0. The molecule has 2 aromatic rings. The summed E-state index contributed by atoms with van der Waals surface area (Å²) in [7, 11) is 1.68. The van der Waals surface area contributed by atoms with E-state index in [1.165, 1.54) is 23.4 Å². The maximum atomic E-state index is 13.3. The molecule has 0 heterocycles. The van der Waals surface area contributed by atoms with Gasteiger partial charge in [0.2, 0.25) is 5.91 Å². The van der Waals surface area contributed by atoms with E-state index in [0.717, 1.165) is 17.9 Å². The number of hydrogen-bond acceptors (Lipinski definition) is 2. The molecule has 0 fully saturated rings. The van der Waals surface area contributed by atoms with Crippen molar-refractivity contribution in [3.05, 3.63) is 71.3 Å². The molecule has 0 aliphatic rings. The monoisotopic (exact) mass is 335 g/mol. The highest BCUT2D eigenvalue weighted by molar-refractivity contribution is 7.99. The van der Waals surface area contributed by atoms with Gasteiger partial charge in [-0.15, -0.1) is 11.8 Å². The Labute approximate surface area is 139 Å². The largest absolute Gasteiger partial charge is 0.338 e. The Morgan fingerprint density at radius 2 is 1.83 bits per heavy atom. The van der Waals surface area contributed by atoms with Gasteiger partial charge in [0.15, 0.2) is 11.6 Å². The standard InChI is InChI=1S/C18H19F2NOS/c1-13(15-8-9-16(19)17(20)10-15)21(2)18(22)12-23-11-14-6-4-3-5-7-14/h3-10,13H,11-12H2,1-2H3. The van der Waals surface area contributed by atoms with Crippen molar-refractivity contribution in [3.8, 4) is 0 Å². The van der Waals surface area contributed by atoms with E-state index >= 15 is 0 Å². The van der Waals surface area contributed by atoms with Crippen LogP contribution in [0.1, 0.15) is 24.1 Å². The molecule has 0 saturated carbocycles. The Kier molecular flexibility index (Phi) is 6.16. The smallest absolute Gasteiger partial charge is 0.232 e. The summed E-state index contributed by atoms with van der Waals surface area (Å²) >= 11 is 1.54. The molecular weight excluding hydrogens is 316 g/mol. The number of thioether (sulfide) groups is 1. The molecule has 0 N–H and O–H groups in total. The lowest BCUT2D eigenvalue weighted by atomic mass is 10.1. The number of nitrogens with zero attached hydrogens (tertiary/aromatic N) is 1. The summed E-state index contributed by atoms with van der Waals surface area (Å²) in [4.78, 5) is 13.8. The minimum absolute atomic E-state index is 0.0387. The molecule has 2 rings (SSSR count). The van der Waals surface area contributed by atoms with Crippen molar-refractivity contribution < 1.29 is 13.6 Å². The molecule has 5 heteroatoms. The molecule has 23 heavy (non-hydrogen) atoms. The lowest BCUT2D eigenvalue weighted by Gasteiger charge is -2.25. The Morgan fingerprint density at radius 1 is 1.13 bits per heavy atom. The van der Waals surface area contributed by atoms with Crippen LogP contribution in [0.25, 0.3) is 0 Å². The average Bonchev–Trinajstić information content (AvgIpc) is 2.57. The quantitative estimate of drug-likeness (QED) is 0.779. The summed E-state index contributed by atoms with van der Waals surface area (Å²) in [6, 6.07) is 13.3. The molecule has 1 atom stereocenters. The van der Waals surface area contributed by atoms with Gasteiger partial charge < -0.3 is 4.90 Å². The molecule has 0 bridgehead atoms. The third-order valence-corrected chi connectivity index (χ3v) is 4.73. The second kappa shape index (κ2) is 8.11. The van der Waals surface area contributed by atoms with Gasteiger partial charge in [-0.2, -0.15) is 0 Å². The van der Waals surface area contributed by atoms with Gasteiger partial charge in [-0.05, 0) is 30.2 Å². The number of hydrogen-bond donors (Lipinski definition) is 0. The van der Waals surface area contributed by atoms with Crippen LogP contribution >= 0.6 is 11.8 Å². The molecule has 0 aromatic heterocycles. The minimum Gasteiger partial charge on any atom is -0.338 e. The van der Waals surface area contributed by atoms with Crippen molar-refractivity contribution in [3.63, 3.8) is 0 Å². The molecular formula is C18H19F2NOS. The van der Waals surface area contributed by atoms with Crippen LogP contribution in [0.3, 0.4) is 0 Å². The third kappa shape index (κ3) is 4.79. The third-order valence-electron chi connectivity index (χ3n) is 3.74. The number of carbonyl (C=O) groups is 1. The summed E-state index contributed by atoms with van der Waals surface area (Å²) in [6.45, 7) is 1.80. The van der Waals surface area contributed by atoms with Crippen LogP contribution < -0.4 is 0 Å². The first-order valence-corrected chi connectivity index (χ1v) is 8.47. The lowest BCUT2D eigenvalue weighted by molar-refractivity contribution is -0.128. The normalized spacial score (nSPS) is 12.0. The summed E-state index contributed by atoms with van der Waals surface area (Å²) in [5, 5.41) is 0. The Balaban J connectivity index is 1.89. The maximum Gasteiger partial charge on any atom is 0.232 e. The van der Waals surface area contributed by atoms with Gasteiger partial charge in [0, 0.05) is 12.8 Å². The highest BCUT2D eigenvalue weighted by Gasteiger charge is 2.18. The van der Waals surface area contributed by atoms with Crippen molar-refractivity contribution in [2.75, 3.05) is 12.8 Å². The van der Waals surface area contributed by atoms with E-state index in [0.29, 0.717) is 11.3 Å². The number of amides is 1. The van der Waals surface area contributed by atoms with Gasteiger partial charge >= 0.3 is 0 Å². The van der Waals surface area contributed by atoms with Crippen LogP contribution in [0.2, 0.25) is 0 Å². The Bertz CT molecular complexity index is 663. The first-order chi connectivity index (χ1) is 11.0. The van der Waals surface area contributed by atoms with E-state index in [1.54, 1.807) is 18.9 Å². The van der Waals surface area contributed by atoms with E-state index in [1.807, 2.05) is 30.3 Å². The van der Waals surface area contributed by atoms with E-state index in [9.17, 15) is 13.6 Å². The SMILES string of the molecule is CC(c1ccc(F)c(F)c1)N(C)C(=O)CSCc1ccccc1. The van der Waals surface area contributed by atoms with Crippen molar-refractivity contribution in [2.45, 2.75) is 18.7 Å². The summed E-state index contributed by atoms with van der Waals surface area (Å²) in [5.74, 6) is -0.704. The maximum absolute atomic E-state index is 13.3. The number of carbonyl (C=O) groups excluding carboxylic acids is 1. The molecule has 122 valence electrons. The molecule has 0 aliphatic carbocycles. The van der Waals surface area contributed by atoms with E-state index in [2.05, 4.69) is 0 Å². The first-order valence-electron chi connectivity index (χ1n) is 7.31. The highest BCUT2D eigenvalue weighted by atomic mass is 32.2. The van der Waals surface area contributed by atoms with Crippen molar-refractivity contribution >= 4 is 17.7 Å². The van der Waals surface area contributed by atoms with Crippen LogP contribution in [-0.2, 0) is 10.5 Å². The van der Waals surface area contributed by atoms with Crippen LogP contribution in [0.15, 0.2) is 48.5 Å². The van der Waals surface area contributed by atoms with Gasteiger partial charge in [0.05, 0.1) is 11.8 Å². The fraction of sp³-hybridized carbons (Fsp3) is 0.278. The average molecular weight is 335 g/mol. The van der Waals surface area contributed by atoms with E-state index < -0.39 is 11.6 Å². The number of halogens is 2. The van der Waals surface area contributed by atoms with E-state index in [4.69, 9.17) is 0 Å². The molecule has 2 aromatic carbocycles. The van der Waals surface area contributed by atoms with Gasteiger partial charge in [0.25, 0.3) is 0 Å². The summed E-state index contributed by atoms with van der Waals surface area (Å²) in [5.41, 5.74) is 1.74. The predicted octanol–water partition coefficient (Wildman–Crippen LogP) is 4.42. The Hall–Kier alpha value is -1.88. The molecule has 0 radical (unpaired) electrons. The second-order valence-electron chi connectivity index (χ2n) is 5.33. The van der Waals surface area contributed by atoms with Crippen molar-refractivity contribution in [1.29, 1.82) is 0 Å². The predicted molar refractivity (Wildman–Crippen MR) is 90.1 cm³/mol. The zero-order valence-electron chi connectivity index (χ0n) is 13.1. The van der Waals surface area contributed by atoms with Crippen molar-refractivity contribution in [1.82, 2.24) is 4.90 Å². The fourth-order valence-electron chi connectivity index (χ4n) is 2.14. The van der Waals surface area contributed by atoms with Crippen LogP contribution in [0.5, 0.6) is 0 Å². The van der Waals surface area contributed by atoms with Gasteiger partial charge in [-0.3, -0.25) is 4.79 Å². The molecule has 1 amide bonds. The minimum atomic E-state index is -0.895. The van der Waals surface area contributed by atoms with Gasteiger partial charge in [-0.1, -0.05) is 36.4 Å². The molecule has 2 nitrogen and oxygen atoms in total. The number of rotatable bonds is 6. The Morgan fingerprint density at radius 3 is 2.48 bits per heavy atom. The molecule has 1 unspecified atom stereocenters. The number of benzene rings is 2. The van der Waals surface area contributed by atoms with Crippen LogP contribution in [0.4, 0.5) is 8.78 Å². The van der Waals surface area contributed by atoms with Crippen LogP contribution in [0, 0.1) is 11.6 Å². The zero-order chi connectivity index (χ0) is 16.8. The molecule has 0 aliphatic heterocycles.